The summed E-state index contributed by atoms with van der Waals surface area (Å²) < 4.78 is 5.63. The molecule has 0 radical (unpaired) electrons. The van der Waals surface area contributed by atoms with Crippen molar-refractivity contribution in [3.63, 3.8) is 0 Å². The number of carbonyl (C=O) groups is 2. The average molecular weight is 519 g/mol. The van der Waals surface area contributed by atoms with Crippen molar-refractivity contribution in [2.24, 2.45) is 0 Å². The van der Waals surface area contributed by atoms with Gasteiger partial charge in [-0.1, -0.05) is 35.0 Å². The number of nitrogens with zero attached hydrogens (tertiary/aromatic N) is 3. The van der Waals surface area contributed by atoms with Gasteiger partial charge in [-0.3, -0.25) is 19.9 Å². The monoisotopic (exact) mass is 518 g/mol. The van der Waals surface area contributed by atoms with E-state index in [4.69, 9.17) is 27.9 Å². The molecule has 1 aliphatic rings. The molecule has 9 nitrogen and oxygen atoms in total. The molecule has 3 heterocycles. The highest BCUT2D eigenvalue weighted by Gasteiger charge is 2.32. The number of hydrogen-bond donors (Lipinski definition) is 1. The van der Waals surface area contributed by atoms with Gasteiger partial charge in [-0.15, -0.1) is 11.3 Å². The minimum Gasteiger partial charge on any atom is -0.444 e. The van der Waals surface area contributed by atoms with E-state index in [2.05, 4.69) is 10.3 Å². The molecule has 32 heavy (non-hydrogen) atoms. The summed E-state index contributed by atoms with van der Waals surface area (Å²) in [6.07, 6.45) is 2.90. The number of hydrogen-bond acceptors (Lipinski definition) is 8. The molecule has 1 fully saturated rings. The first-order valence-electron chi connectivity index (χ1n) is 9.48. The Morgan fingerprint density at radius 3 is 2.59 bits per heavy atom. The van der Waals surface area contributed by atoms with Gasteiger partial charge in [0.05, 0.1) is 19.9 Å². The molecule has 1 unspecified atom stereocenters. The second-order valence-corrected chi connectivity index (χ2v) is 11.1. The third kappa shape index (κ3) is 6.03. The Morgan fingerprint density at radius 2 is 2.00 bits per heavy atom. The van der Waals surface area contributed by atoms with Crippen LogP contribution in [0.15, 0.2) is 27.6 Å². The number of nitrogens with one attached hydrogen (secondary N) is 1. The number of nitro groups is 1. The SMILES string of the molecule is CC(C)(C)OC(=O)N1CCC(NC(=O)c2cc([N+](=O)[O-])c(Sc3c(Cl)cncc3Cl)s2)C1. The first kappa shape index (κ1) is 24.6. The predicted molar refractivity (Wildman–Crippen MR) is 123 cm³/mol. The summed E-state index contributed by atoms with van der Waals surface area (Å²) in [6.45, 7) is 6.10. The normalized spacial score (nSPS) is 16.2. The van der Waals surface area contributed by atoms with E-state index in [0.717, 1.165) is 23.1 Å². The maximum Gasteiger partial charge on any atom is 0.410 e. The number of pyridine rings is 1. The molecule has 1 aliphatic heterocycles. The molecule has 0 spiro atoms. The fraction of sp³-hybridized carbons (Fsp3) is 0.421. The van der Waals surface area contributed by atoms with Gasteiger partial charge in [-0.25, -0.2) is 4.79 Å². The molecular weight excluding hydrogens is 499 g/mol. The van der Waals surface area contributed by atoms with Gasteiger partial charge in [0.2, 0.25) is 0 Å². The predicted octanol–water partition coefficient (Wildman–Crippen LogP) is 5.25. The van der Waals surface area contributed by atoms with Gasteiger partial charge in [0.25, 0.3) is 11.6 Å². The number of halogens is 2. The van der Waals surface area contributed by atoms with Crippen LogP contribution in [0, 0.1) is 10.1 Å². The number of carbonyl (C=O) groups excluding carboxylic acids is 2. The summed E-state index contributed by atoms with van der Waals surface area (Å²) in [4.78, 5) is 41.9. The van der Waals surface area contributed by atoms with Crippen molar-refractivity contribution in [2.45, 2.75) is 47.9 Å². The quantitative estimate of drug-likeness (QED) is 0.424. The minimum atomic E-state index is -0.608. The van der Waals surface area contributed by atoms with Gasteiger partial charge in [-0.05, 0) is 27.2 Å². The van der Waals surface area contributed by atoms with Crippen LogP contribution >= 0.6 is 46.3 Å². The Morgan fingerprint density at radius 1 is 1.34 bits per heavy atom. The van der Waals surface area contributed by atoms with Crippen LogP contribution in [-0.4, -0.2) is 51.5 Å². The Hall–Kier alpha value is -2.08. The van der Waals surface area contributed by atoms with Gasteiger partial charge in [0.15, 0.2) is 0 Å². The van der Waals surface area contributed by atoms with Crippen LogP contribution in [0.25, 0.3) is 0 Å². The summed E-state index contributed by atoms with van der Waals surface area (Å²) in [5, 5.41) is 14.9. The van der Waals surface area contributed by atoms with E-state index < -0.39 is 22.5 Å². The van der Waals surface area contributed by atoms with Crippen LogP contribution in [0.5, 0.6) is 0 Å². The maximum absolute atomic E-state index is 12.8. The summed E-state index contributed by atoms with van der Waals surface area (Å²) in [6, 6.07) is 0.947. The van der Waals surface area contributed by atoms with Gasteiger partial charge in [-0.2, -0.15) is 0 Å². The van der Waals surface area contributed by atoms with Gasteiger partial charge >= 0.3 is 6.09 Å². The molecule has 1 saturated heterocycles. The first-order valence-corrected chi connectivity index (χ1v) is 11.9. The number of aromatic nitrogens is 1. The second kappa shape index (κ2) is 9.82. The van der Waals surface area contributed by atoms with Gasteiger partial charge in [0, 0.05) is 37.6 Å². The zero-order chi connectivity index (χ0) is 23.6. The third-order valence-electron chi connectivity index (χ3n) is 4.28. The minimum absolute atomic E-state index is 0.177. The Bertz CT molecular complexity index is 1040. The van der Waals surface area contributed by atoms with Crippen molar-refractivity contribution >= 4 is 64.0 Å². The largest absolute Gasteiger partial charge is 0.444 e. The molecule has 2 amide bonds. The lowest BCUT2D eigenvalue weighted by Crippen LogP contribution is -2.40. The molecule has 1 atom stereocenters. The molecule has 0 aromatic carbocycles. The van der Waals surface area contributed by atoms with Crippen LogP contribution in [0.2, 0.25) is 10.0 Å². The van der Waals surface area contributed by atoms with Crippen molar-refractivity contribution in [3.05, 3.63) is 43.5 Å². The summed E-state index contributed by atoms with van der Waals surface area (Å²) in [5.74, 6) is -0.451. The number of ether oxygens (including phenoxy) is 1. The van der Waals surface area contributed by atoms with E-state index >= 15 is 0 Å². The van der Waals surface area contributed by atoms with Crippen molar-refractivity contribution in [1.82, 2.24) is 15.2 Å². The van der Waals surface area contributed by atoms with Crippen molar-refractivity contribution in [1.29, 1.82) is 0 Å². The van der Waals surface area contributed by atoms with Crippen molar-refractivity contribution in [2.75, 3.05) is 13.1 Å². The Labute approximate surface area is 202 Å². The van der Waals surface area contributed by atoms with Gasteiger partial charge in [0.1, 0.15) is 14.7 Å². The molecule has 1 N–H and O–H groups in total. The highest BCUT2D eigenvalue weighted by molar-refractivity contribution is 8.01. The molecule has 0 bridgehead atoms. The Balaban J connectivity index is 1.71. The summed E-state index contributed by atoms with van der Waals surface area (Å²) >= 11 is 14.2. The molecule has 13 heteroatoms. The standard InChI is InChI=1S/C19H20Cl2N4O5S2/c1-19(2,3)30-18(27)24-5-4-10(9-24)23-16(26)14-6-13(25(28)29)17(31-14)32-15-11(20)7-22-8-12(15)21/h6-8,10H,4-5,9H2,1-3H3,(H,23,26). The van der Waals surface area contributed by atoms with Crippen LogP contribution in [0.4, 0.5) is 10.5 Å². The highest BCUT2D eigenvalue weighted by Crippen LogP contribution is 2.45. The van der Waals surface area contributed by atoms with Crippen LogP contribution < -0.4 is 5.32 Å². The van der Waals surface area contributed by atoms with Crippen molar-refractivity contribution < 1.29 is 19.2 Å². The van der Waals surface area contributed by atoms with Gasteiger partial charge < -0.3 is 15.0 Å². The van der Waals surface area contributed by atoms with E-state index in [9.17, 15) is 19.7 Å². The van der Waals surface area contributed by atoms with E-state index in [0.29, 0.717) is 24.4 Å². The molecule has 0 aliphatic carbocycles. The van der Waals surface area contributed by atoms with Crippen LogP contribution in [0.3, 0.4) is 0 Å². The number of thiophene rings is 1. The lowest BCUT2D eigenvalue weighted by molar-refractivity contribution is -0.387. The average Bonchev–Trinajstić information content (AvgIpc) is 3.30. The zero-order valence-corrected chi connectivity index (χ0v) is 20.5. The van der Waals surface area contributed by atoms with Crippen molar-refractivity contribution in [3.8, 4) is 0 Å². The van der Waals surface area contributed by atoms with E-state index in [-0.39, 0.29) is 30.9 Å². The molecular formula is C19H20Cl2N4O5S2. The smallest absolute Gasteiger partial charge is 0.410 e. The second-order valence-electron chi connectivity index (χ2n) is 7.96. The highest BCUT2D eigenvalue weighted by atomic mass is 35.5. The lowest BCUT2D eigenvalue weighted by atomic mass is 10.2. The number of amides is 2. The molecule has 2 aromatic heterocycles. The molecule has 172 valence electrons. The molecule has 0 saturated carbocycles. The topological polar surface area (TPSA) is 115 Å². The molecule has 3 rings (SSSR count). The van der Waals surface area contributed by atoms with E-state index in [1.807, 2.05) is 0 Å². The zero-order valence-electron chi connectivity index (χ0n) is 17.4. The van der Waals surface area contributed by atoms with E-state index in [1.165, 1.54) is 23.4 Å². The van der Waals surface area contributed by atoms with Crippen LogP contribution in [0.1, 0.15) is 36.9 Å². The maximum atomic E-state index is 12.8. The third-order valence-corrected chi connectivity index (χ3v) is 7.53. The fourth-order valence-electron chi connectivity index (χ4n) is 2.89. The lowest BCUT2D eigenvalue weighted by Gasteiger charge is -2.24. The number of rotatable bonds is 5. The van der Waals surface area contributed by atoms with Crippen LogP contribution in [-0.2, 0) is 4.74 Å². The number of likely N-dealkylation sites (tertiary alicyclic amines) is 1. The molecule has 2 aromatic rings. The fourth-order valence-corrected chi connectivity index (χ4v) is 5.66. The summed E-state index contributed by atoms with van der Waals surface area (Å²) in [7, 11) is 0. The summed E-state index contributed by atoms with van der Waals surface area (Å²) in [5.41, 5.74) is -0.820. The van der Waals surface area contributed by atoms with E-state index in [1.54, 1.807) is 20.8 Å². The first-order chi connectivity index (χ1) is 14.9. The Kier molecular flexibility index (Phi) is 7.53.